The molecule has 0 aromatic heterocycles. The van der Waals surface area contributed by atoms with Crippen molar-refractivity contribution in [3.63, 3.8) is 0 Å². The predicted molar refractivity (Wildman–Crippen MR) is 226 cm³/mol. The van der Waals surface area contributed by atoms with Crippen LogP contribution < -0.4 is 36.3 Å². The molecule has 2 unspecified atom stereocenters. The quantitative estimate of drug-likeness (QED) is 0.170. The predicted octanol–water partition coefficient (Wildman–Crippen LogP) is 10.1. The zero-order chi connectivity index (χ0) is 35.4. The lowest BCUT2D eigenvalue weighted by molar-refractivity contribution is 0.195. The van der Waals surface area contributed by atoms with E-state index in [0.29, 0.717) is 0 Å². The highest BCUT2D eigenvalue weighted by Crippen LogP contribution is 2.61. The van der Waals surface area contributed by atoms with E-state index in [2.05, 4.69) is 188 Å². The second kappa shape index (κ2) is 11.2. The van der Waals surface area contributed by atoms with Crippen molar-refractivity contribution in [1.82, 2.24) is 0 Å². The van der Waals surface area contributed by atoms with Crippen molar-refractivity contribution in [3.8, 4) is 0 Å². The molecule has 0 N–H and O–H groups in total. The molecule has 1 fully saturated rings. The standard InChI is InChI=1S/C47H46BN3Si/c1-46-28-16-17-29-47(46,2)51(40-27-26-36(32-37(40)46)52(3,4)5)35-30-43-45-44(31-35)50(34-20-10-7-11-21-34)42-25-15-13-23-39(42)48(45)38-22-12-14-24-41(38)49(43)33-18-8-6-9-19-33/h6-15,18-27,30-32H,16-17,28-29H2,1-5H3. The van der Waals surface area contributed by atoms with Crippen molar-refractivity contribution >= 4 is 81.9 Å². The third-order valence-corrected chi connectivity index (χ3v) is 15.2. The zero-order valence-electron chi connectivity index (χ0n) is 31.0. The number of benzene rings is 6. The molecule has 6 aromatic carbocycles. The van der Waals surface area contributed by atoms with Gasteiger partial charge in [-0.25, -0.2) is 0 Å². The summed E-state index contributed by atoms with van der Waals surface area (Å²) in [6.45, 7) is 12.7. The maximum Gasteiger partial charge on any atom is 0.252 e. The van der Waals surface area contributed by atoms with Crippen LogP contribution in [0.3, 0.4) is 0 Å². The fourth-order valence-electron chi connectivity index (χ4n) is 10.3. The van der Waals surface area contributed by atoms with Gasteiger partial charge in [0.25, 0.3) is 6.71 Å². The number of hydrogen-bond acceptors (Lipinski definition) is 3. The highest BCUT2D eigenvalue weighted by atomic mass is 28.3. The van der Waals surface area contributed by atoms with Crippen LogP contribution in [0, 0.1) is 0 Å². The Bertz CT molecular complexity index is 2260. The Hall–Kier alpha value is -5.00. The molecule has 52 heavy (non-hydrogen) atoms. The molecule has 0 radical (unpaired) electrons. The number of fused-ring (bicyclic) bond motifs is 7. The summed E-state index contributed by atoms with van der Waals surface area (Å²) < 4.78 is 0. The molecule has 0 spiro atoms. The van der Waals surface area contributed by atoms with Crippen molar-refractivity contribution in [3.05, 3.63) is 145 Å². The summed E-state index contributed by atoms with van der Waals surface area (Å²) in [6.07, 6.45) is 4.93. The monoisotopic (exact) mass is 691 g/mol. The largest absolute Gasteiger partial charge is 0.334 e. The maximum atomic E-state index is 2.79. The summed E-state index contributed by atoms with van der Waals surface area (Å²) in [6, 6.07) is 52.9. The molecule has 3 aliphatic heterocycles. The smallest absolute Gasteiger partial charge is 0.252 e. The van der Waals surface area contributed by atoms with Crippen LogP contribution in [-0.2, 0) is 5.41 Å². The van der Waals surface area contributed by atoms with Crippen LogP contribution in [-0.4, -0.2) is 20.3 Å². The van der Waals surface area contributed by atoms with Crippen LogP contribution in [0.4, 0.5) is 45.5 Å². The Morgan fingerprint density at radius 2 is 1.04 bits per heavy atom. The summed E-state index contributed by atoms with van der Waals surface area (Å²) in [5, 5.41) is 1.56. The van der Waals surface area contributed by atoms with Crippen molar-refractivity contribution < 1.29 is 0 Å². The van der Waals surface area contributed by atoms with Crippen LogP contribution >= 0.6 is 0 Å². The second-order valence-corrected chi connectivity index (χ2v) is 22.0. The fraction of sp³-hybridized carbons (Fsp3) is 0.234. The lowest BCUT2D eigenvalue weighted by atomic mass is 9.33. The summed E-state index contributed by atoms with van der Waals surface area (Å²) >= 11 is 0. The van der Waals surface area contributed by atoms with E-state index in [9.17, 15) is 0 Å². The fourth-order valence-corrected chi connectivity index (χ4v) is 11.5. The van der Waals surface area contributed by atoms with Gasteiger partial charge in [0.05, 0.1) is 13.6 Å². The van der Waals surface area contributed by atoms with Gasteiger partial charge in [0.2, 0.25) is 0 Å². The molecule has 10 rings (SSSR count). The topological polar surface area (TPSA) is 9.72 Å². The minimum absolute atomic E-state index is 0.0553. The van der Waals surface area contributed by atoms with Crippen molar-refractivity contribution in [1.29, 1.82) is 0 Å². The van der Waals surface area contributed by atoms with E-state index in [1.165, 1.54) is 87.6 Å². The molecule has 256 valence electrons. The Kier molecular flexibility index (Phi) is 6.86. The highest BCUT2D eigenvalue weighted by molar-refractivity contribution is 7.00. The number of rotatable bonds is 4. The van der Waals surface area contributed by atoms with Gasteiger partial charge in [0.15, 0.2) is 0 Å². The molecule has 0 saturated heterocycles. The molecule has 5 heteroatoms. The molecule has 6 aromatic rings. The Labute approximate surface area is 310 Å². The molecular weight excluding hydrogens is 645 g/mol. The van der Waals surface area contributed by atoms with E-state index in [1.807, 2.05) is 0 Å². The third kappa shape index (κ3) is 4.32. The van der Waals surface area contributed by atoms with Gasteiger partial charge in [-0.05, 0) is 96.3 Å². The first-order chi connectivity index (χ1) is 25.2. The second-order valence-electron chi connectivity index (χ2n) is 16.9. The van der Waals surface area contributed by atoms with E-state index in [0.717, 1.165) is 0 Å². The van der Waals surface area contributed by atoms with Gasteiger partial charge < -0.3 is 14.7 Å². The van der Waals surface area contributed by atoms with Gasteiger partial charge in [0, 0.05) is 50.9 Å². The first kappa shape index (κ1) is 31.7. The average molecular weight is 692 g/mol. The van der Waals surface area contributed by atoms with Gasteiger partial charge in [-0.3, -0.25) is 0 Å². The Morgan fingerprint density at radius 3 is 1.60 bits per heavy atom. The van der Waals surface area contributed by atoms with Gasteiger partial charge in [0.1, 0.15) is 0 Å². The number of anilines is 8. The van der Waals surface area contributed by atoms with Gasteiger partial charge in [-0.15, -0.1) is 0 Å². The van der Waals surface area contributed by atoms with E-state index in [-0.39, 0.29) is 17.7 Å². The molecular formula is C47H46BN3Si. The number of para-hydroxylation sites is 4. The molecule has 1 aliphatic carbocycles. The molecule has 3 nitrogen and oxygen atoms in total. The maximum absolute atomic E-state index is 2.79. The minimum Gasteiger partial charge on any atom is -0.334 e. The zero-order valence-corrected chi connectivity index (χ0v) is 32.0. The average Bonchev–Trinajstić information content (AvgIpc) is 3.37. The SMILES string of the molecule is CC12CCCCC1(C)N(c1cc3c4c(c1)N(c1ccccc1)c1ccccc1B4c1ccccc1N3c1ccccc1)c1ccc([Si](C)(C)C)cc12. The molecule has 0 amide bonds. The number of hydrogen-bond donors (Lipinski definition) is 0. The van der Waals surface area contributed by atoms with E-state index in [4.69, 9.17) is 0 Å². The van der Waals surface area contributed by atoms with Crippen LogP contribution in [0.1, 0.15) is 45.1 Å². The lowest BCUT2D eigenvalue weighted by Gasteiger charge is -2.51. The minimum atomic E-state index is -1.52. The van der Waals surface area contributed by atoms with E-state index < -0.39 is 8.07 Å². The summed E-state index contributed by atoms with van der Waals surface area (Å²) in [7, 11) is -1.52. The Balaban J connectivity index is 1.31. The van der Waals surface area contributed by atoms with Crippen molar-refractivity contribution in [2.45, 2.75) is 70.1 Å². The summed E-state index contributed by atoms with van der Waals surface area (Å²) in [5.74, 6) is 0. The normalized spacial score (nSPS) is 21.2. The van der Waals surface area contributed by atoms with E-state index >= 15 is 0 Å². The van der Waals surface area contributed by atoms with Crippen LogP contribution in [0.5, 0.6) is 0 Å². The van der Waals surface area contributed by atoms with Crippen molar-refractivity contribution in [2.75, 3.05) is 14.7 Å². The van der Waals surface area contributed by atoms with Crippen LogP contribution in [0.2, 0.25) is 19.6 Å². The summed E-state index contributed by atoms with van der Waals surface area (Å²) in [4.78, 5) is 7.87. The molecule has 0 bridgehead atoms. The first-order valence-corrected chi connectivity index (χ1v) is 22.7. The summed E-state index contributed by atoms with van der Waals surface area (Å²) in [5.41, 5.74) is 15.7. The highest BCUT2D eigenvalue weighted by Gasteiger charge is 2.58. The van der Waals surface area contributed by atoms with Crippen LogP contribution in [0.15, 0.2) is 140 Å². The Morgan fingerprint density at radius 1 is 0.519 bits per heavy atom. The molecule has 2 atom stereocenters. The number of nitrogens with zero attached hydrogens (tertiary/aromatic N) is 3. The van der Waals surface area contributed by atoms with Gasteiger partial charge in [-0.1, -0.05) is 130 Å². The van der Waals surface area contributed by atoms with Crippen molar-refractivity contribution in [2.24, 2.45) is 0 Å². The van der Waals surface area contributed by atoms with E-state index in [1.54, 1.807) is 10.8 Å². The molecule has 3 heterocycles. The third-order valence-electron chi connectivity index (χ3n) is 13.1. The first-order valence-electron chi connectivity index (χ1n) is 19.2. The lowest BCUT2D eigenvalue weighted by Crippen LogP contribution is -2.61. The molecule has 1 saturated carbocycles. The van der Waals surface area contributed by atoms with Gasteiger partial charge >= 0.3 is 0 Å². The van der Waals surface area contributed by atoms with Gasteiger partial charge in [-0.2, -0.15) is 0 Å². The molecule has 4 aliphatic rings. The van der Waals surface area contributed by atoms with Crippen LogP contribution in [0.25, 0.3) is 0 Å².